The Morgan fingerprint density at radius 1 is 1.12 bits per heavy atom. The number of aliphatic hydroxyl groups excluding tert-OH is 1. The molecular formula is C23H44N4O5. The van der Waals surface area contributed by atoms with Gasteiger partial charge in [0.1, 0.15) is 12.1 Å². The maximum Gasteiger partial charge on any atom is 0.407 e. The van der Waals surface area contributed by atoms with Gasteiger partial charge in [-0.2, -0.15) is 0 Å². The van der Waals surface area contributed by atoms with Crippen LogP contribution in [0.3, 0.4) is 0 Å². The van der Waals surface area contributed by atoms with Gasteiger partial charge in [0.15, 0.2) is 0 Å². The molecule has 9 heteroatoms. The van der Waals surface area contributed by atoms with Gasteiger partial charge >= 0.3 is 6.09 Å². The molecule has 9 nitrogen and oxygen atoms in total. The van der Waals surface area contributed by atoms with Crippen LogP contribution in [-0.4, -0.2) is 79.4 Å². The highest BCUT2D eigenvalue weighted by Crippen LogP contribution is 2.18. The second kappa shape index (κ2) is 15.1. The van der Waals surface area contributed by atoms with E-state index in [0.717, 1.165) is 32.4 Å². The number of nitrogens with zero attached hydrogens (tertiary/aromatic N) is 1. The summed E-state index contributed by atoms with van der Waals surface area (Å²) in [5.41, 5.74) is 0. The summed E-state index contributed by atoms with van der Waals surface area (Å²) in [5, 5.41) is 17.1. The Kier molecular flexibility index (Phi) is 13.2. The van der Waals surface area contributed by atoms with Crippen molar-refractivity contribution in [1.82, 2.24) is 20.9 Å². The van der Waals surface area contributed by atoms with E-state index in [9.17, 15) is 14.4 Å². The number of amides is 3. The molecule has 0 aromatic heterocycles. The first-order valence-corrected chi connectivity index (χ1v) is 12.0. The van der Waals surface area contributed by atoms with E-state index < -0.39 is 24.1 Å². The number of carbonyl (C=O) groups excluding carboxylic acids is 3. The standard InChI is InChI=1S/C23H44N4O5/c1-6-17(4)20(22(30)24-5)26-21(29)19(11-7-8-13-28)25-23(31)32-15-18-10-9-12-27(14-18)16(2)3/h16-20,28H,6-15H2,1-5H3,(H,24,30)(H,25,31)(H,26,29)/t17-,18?,19+,20+/m1/s1. The van der Waals surface area contributed by atoms with Gasteiger partial charge < -0.3 is 30.7 Å². The number of alkyl carbamates (subject to hydrolysis) is 1. The fourth-order valence-electron chi connectivity index (χ4n) is 3.92. The van der Waals surface area contributed by atoms with Gasteiger partial charge in [0.05, 0.1) is 6.61 Å². The molecule has 0 saturated carbocycles. The van der Waals surface area contributed by atoms with Crippen molar-refractivity contribution in [1.29, 1.82) is 0 Å². The fraction of sp³-hybridized carbons (Fsp3) is 0.870. The second-order valence-electron chi connectivity index (χ2n) is 9.10. The summed E-state index contributed by atoms with van der Waals surface area (Å²) in [6.07, 6.45) is 3.63. The van der Waals surface area contributed by atoms with Gasteiger partial charge in [-0.05, 0) is 58.4 Å². The Labute approximate surface area is 193 Å². The zero-order valence-corrected chi connectivity index (χ0v) is 20.5. The molecule has 0 aliphatic carbocycles. The number of likely N-dealkylation sites (N-methyl/N-ethyl adjacent to an activating group) is 1. The number of hydrogen-bond acceptors (Lipinski definition) is 6. The van der Waals surface area contributed by atoms with Crippen LogP contribution in [0, 0.1) is 11.8 Å². The van der Waals surface area contributed by atoms with Crippen molar-refractivity contribution < 1.29 is 24.2 Å². The highest BCUT2D eigenvalue weighted by molar-refractivity contribution is 5.91. The third-order valence-corrected chi connectivity index (χ3v) is 6.28. The van der Waals surface area contributed by atoms with Gasteiger partial charge in [-0.3, -0.25) is 9.59 Å². The summed E-state index contributed by atoms with van der Waals surface area (Å²) in [7, 11) is 1.53. The zero-order chi connectivity index (χ0) is 24.1. The molecule has 0 spiro atoms. The van der Waals surface area contributed by atoms with Crippen molar-refractivity contribution in [3.05, 3.63) is 0 Å². The largest absolute Gasteiger partial charge is 0.449 e. The monoisotopic (exact) mass is 456 g/mol. The van der Waals surface area contributed by atoms with Gasteiger partial charge in [-0.15, -0.1) is 0 Å². The Balaban J connectivity index is 2.69. The minimum atomic E-state index is -0.830. The van der Waals surface area contributed by atoms with E-state index in [1.807, 2.05) is 13.8 Å². The van der Waals surface area contributed by atoms with Crippen LogP contribution in [0.25, 0.3) is 0 Å². The fourth-order valence-corrected chi connectivity index (χ4v) is 3.92. The molecule has 1 heterocycles. The Morgan fingerprint density at radius 2 is 1.84 bits per heavy atom. The quantitative estimate of drug-likeness (QED) is 0.313. The minimum absolute atomic E-state index is 0.0144. The van der Waals surface area contributed by atoms with Crippen molar-refractivity contribution in [2.75, 3.05) is 33.4 Å². The topological polar surface area (TPSA) is 120 Å². The lowest BCUT2D eigenvalue weighted by atomic mass is 9.97. The molecule has 32 heavy (non-hydrogen) atoms. The van der Waals surface area contributed by atoms with Gasteiger partial charge in [-0.25, -0.2) is 4.79 Å². The van der Waals surface area contributed by atoms with E-state index in [1.165, 1.54) is 7.05 Å². The van der Waals surface area contributed by atoms with E-state index in [1.54, 1.807) is 0 Å². The molecule has 0 aromatic rings. The number of likely N-dealkylation sites (tertiary alicyclic amines) is 1. The Hall–Kier alpha value is -1.87. The number of aliphatic hydroxyl groups is 1. The first-order chi connectivity index (χ1) is 15.2. The van der Waals surface area contributed by atoms with E-state index in [2.05, 4.69) is 34.7 Å². The van der Waals surface area contributed by atoms with Crippen LogP contribution < -0.4 is 16.0 Å². The lowest BCUT2D eigenvalue weighted by Crippen LogP contribution is -2.55. The number of carbonyl (C=O) groups is 3. The molecule has 0 radical (unpaired) electrons. The summed E-state index contributed by atoms with van der Waals surface area (Å²) in [5.74, 6) is -0.463. The van der Waals surface area contributed by atoms with Crippen LogP contribution in [0.4, 0.5) is 4.79 Å². The predicted octanol–water partition coefficient (Wildman–Crippen LogP) is 1.64. The van der Waals surface area contributed by atoms with Crippen molar-refractivity contribution >= 4 is 17.9 Å². The average molecular weight is 457 g/mol. The van der Waals surface area contributed by atoms with E-state index in [4.69, 9.17) is 9.84 Å². The first-order valence-electron chi connectivity index (χ1n) is 12.0. The normalized spacial score (nSPS) is 19.7. The number of ether oxygens (including phenoxy) is 1. The zero-order valence-electron chi connectivity index (χ0n) is 20.5. The van der Waals surface area contributed by atoms with Crippen molar-refractivity contribution in [2.24, 2.45) is 11.8 Å². The van der Waals surface area contributed by atoms with Crippen LogP contribution in [0.5, 0.6) is 0 Å². The Bertz CT molecular complexity index is 587. The van der Waals surface area contributed by atoms with Crippen molar-refractivity contribution in [3.63, 3.8) is 0 Å². The van der Waals surface area contributed by atoms with Gasteiger partial charge in [0.25, 0.3) is 0 Å². The molecule has 0 aromatic carbocycles. The average Bonchev–Trinajstić information content (AvgIpc) is 2.79. The Morgan fingerprint density at radius 3 is 2.44 bits per heavy atom. The lowest BCUT2D eigenvalue weighted by molar-refractivity contribution is -0.131. The van der Waals surface area contributed by atoms with Crippen LogP contribution in [0.15, 0.2) is 0 Å². The van der Waals surface area contributed by atoms with Crippen LogP contribution in [-0.2, 0) is 14.3 Å². The maximum absolute atomic E-state index is 12.9. The number of unbranched alkanes of at least 4 members (excludes halogenated alkanes) is 1. The predicted molar refractivity (Wildman–Crippen MR) is 124 cm³/mol. The second-order valence-corrected chi connectivity index (χ2v) is 9.10. The van der Waals surface area contributed by atoms with Crippen LogP contribution in [0.1, 0.15) is 66.2 Å². The van der Waals surface area contributed by atoms with E-state index >= 15 is 0 Å². The van der Waals surface area contributed by atoms with Crippen molar-refractivity contribution in [3.8, 4) is 0 Å². The molecule has 1 aliphatic heterocycles. The number of nitrogens with one attached hydrogen (secondary N) is 3. The molecule has 1 unspecified atom stereocenters. The number of piperidine rings is 1. The summed E-state index contributed by atoms with van der Waals surface area (Å²) < 4.78 is 5.45. The SMILES string of the molecule is CC[C@@H](C)[C@H](NC(=O)[C@H](CCCCO)NC(=O)OCC1CCCN(C(C)C)C1)C(=O)NC. The molecule has 1 aliphatic rings. The molecule has 1 rings (SSSR count). The van der Waals surface area contributed by atoms with Gasteiger partial charge in [0, 0.05) is 32.2 Å². The molecule has 4 atom stereocenters. The summed E-state index contributed by atoms with van der Waals surface area (Å²) in [4.78, 5) is 40.0. The summed E-state index contributed by atoms with van der Waals surface area (Å²) in [6, 6.07) is -1.05. The number of hydrogen-bond donors (Lipinski definition) is 4. The first kappa shape index (κ1) is 28.2. The summed E-state index contributed by atoms with van der Waals surface area (Å²) >= 11 is 0. The molecule has 1 saturated heterocycles. The van der Waals surface area contributed by atoms with E-state index in [-0.39, 0.29) is 24.3 Å². The van der Waals surface area contributed by atoms with Crippen LogP contribution >= 0.6 is 0 Å². The highest BCUT2D eigenvalue weighted by Gasteiger charge is 2.30. The smallest absolute Gasteiger partial charge is 0.407 e. The van der Waals surface area contributed by atoms with Crippen molar-refractivity contribution in [2.45, 2.75) is 84.3 Å². The van der Waals surface area contributed by atoms with Crippen LogP contribution in [0.2, 0.25) is 0 Å². The third kappa shape index (κ3) is 9.73. The molecular weight excluding hydrogens is 412 g/mol. The van der Waals surface area contributed by atoms with Gasteiger partial charge in [-0.1, -0.05) is 20.3 Å². The summed E-state index contributed by atoms with van der Waals surface area (Å²) in [6.45, 7) is 10.5. The maximum atomic E-state index is 12.9. The molecule has 1 fully saturated rings. The van der Waals surface area contributed by atoms with Gasteiger partial charge in [0.2, 0.25) is 11.8 Å². The van der Waals surface area contributed by atoms with E-state index in [0.29, 0.717) is 31.9 Å². The minimum Gasteiger partial charge on any atom is -0.449 e. The molecule has 0 bridgehead atoms. The molecule has 3 amide bonds. The molecule has 186 valence electrons. The third-order valence-electron chi connectivity index (χ3n) is 6.28. The molecule has 4 N–H and O–H groups in total. The number of rotatable bonds is 13. The highest BCUT2D eigenvalue weighted by atomic mass is 16.5. The lowest BCUT2D eigenvalue weighted by Gasteiger charge is -2.35.